The van der Waals surface area contributed by atoms with Crippen LogP contribution in [0.25, 0.3) is 0 Å². The molecule has 1 aromatic carbocycles. The standard InChI is InChI=1S/C14H19N3O2/c15-8-11(6-10-4-2-1-3-5-10)14(19)17-12-7-13(18)16-9-12/h1-5,11-12H,6-9,15H2,(H,16,18)(H,17,19). The Morgan fingerprint density at radius 2 is 2.16 bits per heavy atom. The summed E-state index contributed by atoms with van der Waals surface area (Å²) in [5, 5.41) is 5.57. The zero-order valence-corrected chi connectivity index (χ0v) is 10.8. The number of nitrogens with one attached hydrogen (secondary N) is 2. The highest BCUT2D eigenvalue weighted by Crippen LogP contribution is 2.09. The van der Waals surface area contributed by atoms with Crippen molar-refractivity contribution in [3.05, 3.63) is 35.9 Å². The average molecular weight is 261 g/mol. The molecule has 0 aromatic heterocycles. The summed E-state index contributed by atoms with van der Waals surface area (Å²) in [5.74, 6) is -0.344. The fraction of sp³-hybridized carbons (Fsp3) is 0.429. The summed E-state index contributed by atoms with van der Waals surface area (Å²) in [6.07, 6.45) is 0.978. The van der Waals surface area contributed by atoms with Crippen molar-refractivity contribution in [1.82, 2.24) is 10.6 Å². The number of nitrogens with two attached hydrogens (primary N) is 1. The molecule has 0 aliphatic carbocycles. The van der Waals surface area contributed by atoms with Crippen molar-refractivity contribution in [2.24, 2.45) is 11.7 Å². The lowest BCUT2D eigenvalue weighted by Crippen LogP contribution is -2.42. The van der Waals surface area contributed by atoms with Gasteiger partial charge in [-0.2, -0.15) is 0 Å². The topological polar surface area (TPSA) is 84.2 Å². The summed E-state index contributed by atoms with van der Waals surface area (Å²) < 4.78 is 0. The molecule has 2 unspecified atom stereocenters. The van der Waals surface area contributed by atoms with E-state index in [-0.39, 0.29) is 23.8 Å². The van der Waals surface area contributed by atoms with Crippen LogP contribution < -0.4 is 16.4 Å². The van der Waals surface area contributed by atoms with Crippen molar-refractivity contribution < 1.29 is 9.59 Å². The first-order valence-electron chi connectivity index (χ1n) is 6.50. The van der Waals surface area contributed by atoms with Crippen LogP contribution in [0.1, 0.15) is 12.0 Å². The number of hydrogen-bond donors (Lipinski definition) is 3. The molecule has 4 N–H and O–H groups in total. The molecule has 1 fully saturated rings. The molecular weight excluding hydrogens is 242 g/mol. The molecule has 0 radical (unpaired) electrons. The highest BCUT2D eigenvalue weighted by molar-refractivity contribution is 5.83. The van der Waals surface area contributed by atoms with E-state index < -0.39 is 0 Å². The van der Waals surface area contributed by atoms with Crippen LogP contribution in [0.15, 0.2) is 30.3 Å². The van der Waals surface area contributed by atoms with Crippen LogP contribution in [0.3, 0.4) is 0 Å². The van der Waals surface area contributed by atoms with Crippen molar-refractivity contribution in [2.75, 3.05) is 13.1 Å². The largest absolute Gasteiger partial charge is 0.354 e. The van der Waals surface area contributed by atoms with E-state index in [9.17, 15) is 9.59 Å². The average Bonchev–Trinajstić information content (AvgIpc) is 2.82. The van der Waals surface area contributed by atoms with E-state index in [4.69, 9.17) is 5.73 Å². The van der Waals surface area contributed by atoms with Crippen LogP contribution >= 0.6 is 0 Å². The normalized spacial score (nSPS) is 19.8. The van der Waals surface area contributed by atoms with Crippen LogP contribution in [0, 0.1) is 5.92 Å². The molecule has 1 aliphatic rings. The van der Waals surface area contributed by atoms with Gasteiger partial charge in [-0.15, -0.1) is 0 Å². The molecule has 2 atom stereocenters. The lowest BCUT2D eigenvalue weighted by atomic mass is 9.98. The number of benzene rings is 1. The molecule has 5 nitrogen and oxygen atoms in total. The van der Waals surface area contributed by atoms with Gasteiger partial charge in [0.2, 0.25) is 11.8 Å². The second kappa shape index (κ2) is 6.33. The second-order valence-electron chi connectivity index (χ2n) is 4.84. The van der Waals surface area contributed by atoms with Crippen molar-refractivity contribution in [1.29, 1.82) is 0 Å². The maximum absolute atomic E-state index is 12.1. The third kappa shape index (κ3) is 3.79. The third-order valence-corrected chi connectivity index (χ3v) is 3.30. The van der Waals surface area contributed by atoms with Gasteiger partial charge in [0.25, 0.3) is 0 Å². The Labute approximate surface area is 112 Å². The van der Waals surface area contributed by atoms with Crippen LogP contribution in [-0.4, -0.2) is 30.9 Å². The highest BCUT2D eigenvalue weighted by atomic mass is 16.2. The zero-order chi connectivity index (χ0) is 13.7. The minimum absolute atomic E-state index is 0.0161. The summed E-state index contributed by atoms with van der Waals surface area (Å²) in [5.41, 5.74) is 6.77. The van der Waals surface area contributed by atoms with Gasteiger partial charge in [0, 0.05) is 19.5 Å². The maximum atomic E-state index is 12.1. The van der Waals surface area contributed by atoms with E-state index in [0.717, 1.165) is 5.56 Å². The lowest BCUT2D eigenvalue weighted by Gasteiger charge is -2.17. The van der Waals surface area contributed by atoms with E-state index >= 15 is 0 Å². The quantitative estimate of drug-likeness (QED) is 0.687. The van der Waals surface area contributed by atoms with Gasteiger partial charge in [-0.3, -0.25) is 9.59 Å². The van der Waals surface area contributed by atoms with Crippen LogP contribution in [0.5, 0.6) is 0 Å². The summed E-state index contributed by atoms with van der Waals surface area (Å²) in [4.78, 5) is 23.2. The number of rotatable bonds is 5. The SMILES string of the molecule is NCC(Cc1ccccc1)C(=O)NC1CNC(=O)C1. The van der Waals surface area contributed by atoms with Crippen LogP contribution in [-0.2, 0) is 16.0 Å². The van der Waals surface area contributed by atoms with Crippen LogP contribution in [0.4, 0.5) is 0 Å². The van der Waals surface area contributed by atoms with Gasteiger partial charge < -0.3 is 16.4 Å². The minimum atomic E-state index is -0.252. The van der Waals surface area contributed by atoms with E-state index in [1.54, 1.807) is 0 Å². The van der Waals surface area contributed by atoms with E-state index in [1.807, 2.05) is 30.3 Å². The Bertz CT molecular complexity index is 447. The van der Waals surface area contributed by atoms with Crippen LogP contribution in [0.2, 0.25) is 0 Å². The summed E-state index contributed by atoms with van der Waals surface area (Å²) in [6.45, 7) is 0.808. The molecule has 1 aliphatic heterocycles. The zero-order valence-electron chi connectivity index (χ0n) is 10.8. The molecule has 5 heteroatoms. The predicted octanol–water partition coefficient (Wildman–Crippen LogP) is -0.191. The Morgan fingerprint density at radius 3 is 2.74 bits per heavy atom. The molecule has 1 heterocycles. The van der Waals surface area contributed by atoms with Gasteiger partial charge in [0.05, 0.1) is 12.0 Å². The molecule has 0 spiro atoms. The van der Waals surface area contributed by atoms with Gasteiger partial charge in [0.15, 0.2) is 0 Å². The molecule has 102 valence electrons. The first-order valence-corrected chi connectivity index (χ1v) is 6.50. The van der Waals surface area contributed by atoms with Gasteiger partial charge >= 0.3 is 0 Å². The molecular formula is C14H19N3O2. The monoisotopic (exact) mass is 261 g/mol. The second-order valence-corrected chi connectivity index (χ2v) is 4.84. The van der Waals surface area contributed by atoms with Crippen molar-refractivity contribution in [3.63, 3.8) is 0 Å². The molecule has 19 heavy (non-hydrogen) atoms. The number of carbonyl (C=O) groups is 2. The van der Waals surface area contributed by atoms with Gasteiger partial charge in [-0.25, -0.2) is 0 Å². The van der Waals surface area contributed by atoms with E-state index in [0.29, 0.717) is 25.9 Å². The Kier molecular flexibility index (Phi) is 4.52. The Morgan fingerprint density at radius 1 is 1.42 bits per heavy atom. The van der Waals surface area contributed by atoms with E-state index in [2.05, 4.69) is 10.6 Å². The van der Waals surface area contributed by atoms with Crippen molar-refractivity contribution in [2.45, 2.75) is 18.9 Å². The van der Waals surface area contributed by atoms with Crippen molar-refractivity contribution >= 4 is 11.8 Å². The Balaban J connectivity index is 1.90. The molecule has 2 amide bonds. The number of carbonyl (C=O) groups excluding carboxylic acids is 2. The molecule has 1 saturated heterocycles. The number of hydrogen-bond acceptors (Lipinski definition) is 3. The smallest absolute Gasteiger partial charge is 0.225 e. The molecule has 0 bridgehead atoms. The van der Waals surface area contributed by atoms with Gasteiger partial charge in [0.1, 0.15) is 0 Å². The fourth-order valence-electron chi connectivity index (χ4n) is 2.21. The van der Waals surface area contributed by atoms with Gasteiger partial charge in [-0.1, -0.05) is 30.3 Å². The van der Waals surface area contributed by atoms with Crippen molar-refractivity contribution in [3.8, 4) is 0 Å². The first kappa shape index (κ1) is 13.5. The first-order chi connectivity index (χ1) is 9.19. The summed E-state index contributed by atoms with van der Waals surface area (Å²) >= 11 is 0. The number of amides is 2. The van der Waals surface area contributed by atoms with Gasteiger partial charge in [-0.05, 0) is 12.0 Å². The molecule has 1 aromatic rings. The fourth-order valence-corrected chi connectivity index (χ4v) is 2.21. The highest BCUT2D eigenvalue weighted by Gasteiger charge is 2.26. The summed E-state index contributed by atoms with van der Waals surface area (Å²) in [6, 6.07) is 9.69. The Hall–Kier alpha value is -1.88. The molecule has 0 saturated carbocycles. The maximum Gasteiger partial charge on any atom is 0.225 e. The van der Waals surface area contributed by atoms with E-state index in [1.165, 1.54) is 0 Å². The third-order valence-electron chi connectivity index (χ3n) is 3.30. The molecule has 2 rings (SSSR count). The predicted molar refractivity (Wildman–Crippen MR) is 72.2 cm³/mol. The summed E-state index contributed by atoms with van der Waals surface area (Å²) in [7, 11) is 0. The minimum Gasteiger partial charge on any atom is -0.354 e. The lowest BCUT2D eigenvalue weighted by molar-refractivity contribution is -0.125.